The van der Waals surface area contributed by atoms with Crippen LogP contribution in [0.4, 0.5) is 10.1 Å². The highest BCUT2D eigenvalue weighted by Gasteiger charge is 2.27. The first-order chi connectivity index (χ1) is 11.2. The van der Waals surface area contributed by atoms with Gasteiger partial charge < -0.3 is 14.6 Å². The minimum absolute atomic E-state index is 0.117. The number of hydrogen-bond donors (Lipinski definition) is 1. The van der Waals surface area contributed by atoms with Crippen LogP contribution in [0.2, 0.25) is 0 Å². The summed E-state index contributed by atoms with van der Waals surface area (Å²) in [7, 11) is 3.48. The number of fused-ring (bicyclic) bond motifs is 2. The Hall–Kier alpha value is -2.56. The summed E-state index contributed by atoms with van der Waals surface area (Å²) in [5.41, 5.74) is 4.84. The van der Waals surface area contributed by atoms with Crippen LogP contribution in [0.3, 0.4) is 0 Å². The summed E-state index contributed by atoms with van der Waals surface area (Å²) in [6, 6.07) is 9.91. The van der Waals surface area contributed by atoms with Gasteiger partial charge in [0.2, 0.25) is 0 Å². The van der Waals surface area contributed by atoms with E-state index >= 15 is 0 Å². The molecule has 118 valence electrons. The van der Waals surface area contributed by atoms with Crippen LogP contribution >= 0.6 is 0 Å². The molecule has 0 radical (unpaired) electrons. The zero-order valence-electron chi connectivity index (χ0n) is 13.1. The molecule has 23 heavy (non-hydrogen) atoms. The summed E-state index contributed by atoms with van der Waals surface area (Å²) in [4.78, 5) is 4.38. The van der Waals surface area contributed by atoms with E-state index in [4.69, 9.17) is 4.74 Å². The number of rotatable bonds is 3. The van der Waals surface area contributed by atoms with Crippen molar-refractivity contribution in [2.24, 2.45) is 7.05 Å². The van der Waals surface area contributed by atoms with Gasteiger partial charge in [0.25, 0.3) is 0 Å². The van der Waals surface area contributed by atoms with Crippen molar-refractivity contribution in [2.45, 2.75) is 18.9 Å². The summed E-state index contributed by atoms with van der Waals surface area (Å²) in [6.07, 6.45) is 3.41. The van der Waals surface area contributed by atoms with E-state index in [0.29, 0.717) is 5.75 Å². The Kier molecular flexibility index (Phi) is 3.22. The van der Waals surface area contributed by atoms with Crippen molar-refractivity contribution in [3.05, 3.63) is 53.6 Å². The molecule has 0 bridgehead atoms. The first-order valence-electron chi connectivity index (χ1n) is 7.70. The van der Waals surface area contributed by atoms with Gasteiger partial charge in [0.15, 0.2) is 11.6 Å². The highest BCUT2D eigenvalue weighted by Crippen LogP contribution is 2.38. The Balaban J connectivity index is 1.64. The van der Waals surface area contributed by atoms with E-state index in [1.54, 1.807) is 12.4 Å². The normalized spacial score (nSPS) is 16.6. The summed E-state index contributed by atoms with van der Waals surface area (Å²) in [5.74, 6) is 0.0915. The maximum atomic E-state index is 14.3. The van der Waals surface area contributed by atoms with Crippen molar-refractivity contribution >= 4 is 16.7 Å². The fourth-order valence-corrected chi connectivity index (χ4v) is 3.37. The minimum Gasteiger partial charge on any atom is -0.494 e. The molecule has 0 spiro atoms. The first-order valence-corrected chi connectivity index (χ1v) is 7.70. The summed E-state index contributed by atoms with van der Waals surface area (Å²) in [6.45, 7) is 0. The van der Waals surface area contributed by atoms with Crippen LogP contribution in [-0.2, 0) is 13.5 Å². The third-order valence-corrected chi connectivity index (χ3v) is 4.59. The first kappa shape index (κ1) is 14.1. The van der Waals surface area contributed by atoms with Gasteiger partial charge in [-0.05, 0) is 48.2 Å². The SMILES string of the molecule is COc1ccc2c(c1F)CCC2Nc1ccc2c(c1)ncn2C. The molecule has 0 saturated carbocycles. The second-order valence-electron chi connectivity index (χ2n) is 5.94. The zero-order chi connectivity index (χ0) is 16.0. The maximum absolute atomic E-state index is 14.3. The Labute approximate surface area is 133 Å². The van der Waals surface area contributed by atoms with Crippen LogP contribution in [0.5, 0.6) is 5.75 Å². The van der Waals surface area contributed by atoms with Gasteiger partial charge in [0.1, 0.15) is 0 Å². The molecule has 3 aromatic rings. The predicted octanol–water partition coefficient (Wildman–Crippen LogP) is 3.82. The number of anilines is 1. The molecule has 1 unspecified atom stereocenters. The number of ether oxygens (including phenoxy) is 1. The lowest BCUT2D eigenvalue weighted by Crippen LogP contribution is -2.07. The second-order valence-corrected chi connectivity index (χ2v) is 5.94. The molecular weight excluding hydrogens is 293 g/mol. The molecule has 1 heterocycles. The molecule has 4 rings (SSSR count). The van der Waals surface area contributed by atoms with E-state index < -0.39 is 0 Å². The molecule has 5 heteroatoms. The fourth-order valence-electron chi connectivity index (χ4n) is 3.37. The number of imidazole rings is 1. The molecule has 0 fully saturated rings. The van der Waals surface area contributed by atoms with Gasteiger partial charge in [-0.3, -0.25) is 0 Å². The van der Waals surface area contributed by atoms with Crippen LogP contribution < -0.4 is 10.1 Å². The number of methoxy groups -OCH3 is 1. The van der Waals surface area contributed by atoms with Crippen molar-refractivity contribution in [3.63, 3.8) is 0 Å². The Bertz CT molecular complexity index is 887. The Morgan fingerprint density at radius 3 is 3.00 bits per heavy atom. The number of nitrogens with one attached hydrogen (secondary N) is 1. The van der Waals surface area contributed by atoms with Crippen molar-refractivity contribution in [3.8, 4) is 5.75 Å². The van der Waals surface area contributed by atoms with E-state index in [2.05, 4.69) is 16.4 Å². The lowest BCUT2D eigenvalue weighted by atomic mass is 10.1. The molecule has 4 nitrogen and oxygen atoms in total. The highest BCUT2D eigenvalue weighted by atomic mass is 19.1. The van der Waals surface area contributed by atoms with Gasteiger partial charge in [-0.15, -0.1) is 0 Å². The van der Waals surface area contributed by atoms with Crippen molar-refractivity contribution < 1.29 is 9.13 Å². The maximum Gasteiger partial charge on any atom is 0.168 e. The smallest absolute Gasteiger partial charge is 0.168 e. The number of halogens is 1. The summed E-state index contributed by atoms with van der Waals surface area (Å²) in [5, 5.41) is 3.51. The van der Waals surface area contributed by atoms with E-state index in [0.717, 1.165) is 40.7 Å². The molecule has 1 aliphatic carbocycles. The van der Waals surface area contributed by atoms with Crippen LogP contribution in [0.15, 0.2) is 36.7 Å². The number of hydrogen-bond acceptors (Lipinski definition) is 3. The summed E-state index contributed by atoms with van der Waals surface area (Å²) < 4.78 is 21.4. The van der Waals surface area contributed by atoms with Crippen molar-refractivity contribution in [1.82, 2.24) is 9.55 Å². The minimum atomic E-state index is -0.227. The van der Waals surface area contributed by atoms with Crippen molar-refractivity contribution in [2.75, 3.05) is 12.4 Å². The average molecular weight is 311 g/mol. The monoisotopic (exact) mass is 311 g/mol. The molecule has 0 saturated heterocycles. The number of nitrogens with zero attached hydrogens (tertiary/aromatic N) is 2. The van der Waals surface area contributed by atoms with Gasteiger partial charge in [-0.2, -0.15) is 0 Å². The quantitative estimate of drug-likeness (QED) is 0.799. The topological polar surface area (TPSA) is 39.1 Å². The van der Waals surface area contributed by atoms with E-state index in [1.165, 1.54) is 7.11 Å². The van der Waals surface area contributed by atoms with Gasteiger partial charge in [0.05, 0.1) is 30.5 Å². The molecule has 1 aliphatic rings. The third-order valence-electron chi connectivity index (χ3n) is 4.59. The second kappa shape index (κ2) is 5.26. The largest absolute Gasteiger partial charge is 0.494 e. The van der Waals surface area contributed by atoms with Gasteiger partial charge in [0, 0.05) is 12.7 Å². The van der Waals surface area contributed by atoms with E-state index in [1.807, 2.05) is 29.8 Å². The van der Waals surface area contributed by atoms with Crippen LogP contribution in [-0.4, -0.2) is 16.7 Å². The van der Waals surface area contributed by atoms with Crippen LogP contribution in [0.1, 0.15) is 23.6 Å². The van der Waals surface area contributed by atoms with Gasteiger partial charge in [-0.1, -0.05) is 6.07 Å². The molecule has 1 N–H and O–H groups in total. The molecular formula is C18H18FN3O. The number of aromatic nitrogens is 2. The van der Waals surface area contributed by atoms with E-state index in [-0.39, 0.29) is 11.9 Å². The molecule has 0 aliphatic heterocycles. The highest BCUT2D eigenvalue weighted by molar-refractivity contribution is 5.79. The third kappa shape index (κ3) is 2.23. The molecule has 2 aromatic carbocycles. The van der Waals surface area contributed by atoms with Crippen molar-refractivity contribution in [1.29, 1.82) is 0 Å². The average Bonchev–Trinajstić information content (AvgIpc) is 3.13. The standard InChI is InChI=1S/C18H18FN3O/c1-22-10-20-15-9-11(3-7-16(15)22)21-14-6-4-13-12(14)5-8-17(23-2)18(13)19/h3,5,7-10,14,21H,4,6H2,1-2H3. The lowest BCUT2D eigenvalue weighted by molar-refractivity contribution is 0.384. The lowest BCUT2D eigenvalue weighted by Gasteiger charge is -2.16. The molecule has 0 amide bonds. The Morgan fingerprint density at radius 1 is 1.30 bits per heavy atom. The zero-order valence-corrected chi connectivity index (χ0v) is 13.1. The summed E-state index contributed by atoms with van der Waals surface area (Å²) >= 11 is 0. The molecule has 1 atom stereocenters. The fraction of sp³-hybridized carbons (Fsp3) is 0.278. The molecule has 1 aromatic heterocycles. The number of aryl methyl sites for hydroxylation is 1. The predicted molar refractivity (Wildman–Crippen MR) is 88.4 cm³/mol. The van der Waals surface area contributed by atoms with Gasteiger partial charge in [-0.25, -0.2) is 9.37 Å². The van der Waals surface area contributed by atoms with E-state index in [9.17, 15) is 4.39 Å². The van der Waals surface area contributed by atoms with Crippen LogP contribution in [0, 0.1) is 5.82 Å². The number of benzene rings is 2. The van der Waals surface area contributed by atoms with Gasteiger partial charge >= 0.3 is 0 Å². The van der Waals surface area contributed by atoms with Crippen LogP contribution in [0.25, 0.3) is 11.0 Å². The Morgan fingerprint density at radius 2 is 2.17 bits per heavy atom.